The molecule has 0 aromatic heterocycles. The van der Waals surface area contributed by atoms with Crippen LogP contribution in [0.25, 0.3) is 0 Å². The molecule has 1 unspecified atom stereocenters. The molecule has 120 valence electrons. The van der Waals surface area contributed by atoms with Gasteiger partial charge in [-0.05, 0) is 37.0 Å². The predicted molar refractivity (Wildman–Crippen MR) is 83.1 cm³/mol. The van der Waals surface area contributed by atoms with Crippen LogP contribution in [-0.2, 0) is 37.3 Å². The van der Waals surface area contributed by atoms with Crippen molar-refractivity contribution in [3.05, 3.63) is 42.0 Å². The van der Waals surface area contributed by atoms with Gasteiger partial charge in [-0.2, -0.15) is 0 Å². The van der Waals surface area contributed by atoms with Gasteiger partial charge in [-0.3, -0.25) is 0 Å². The Morgan fingerprint density at radius 2 is 1.83 bits per heavy atom. The van der Waals surface area contributed by atoms with Gasteiger partial charge >= 0.3 is 33.6 Å². The molecular formula is C18H23HgO4+. The Morgan fingerprint density at radius 1 is 1.17 bits per heavy atom. The zero-order valence-electron chi connectivity index (χ0n) is 13.9. The van der Waals surface area contributed by atoms with Crippen LogP contribution in [0.2, 0.25) is 0 Å². The first-order chi connectivity index (χ1) is 10.6. The SMILES string of the molecule is CCCCCC(CC)/C(=C/C(=O)[O-])C(=O)Oc1ccccc1.[Hg+2]. The normalized spacial score (nSPS) is 12.2. The first-order valence-electron chi connectivity index (χ1n) is 7.78. The molecule has 0 N–H and O–H groups in total. The molecule has 0 saturated carbocycles. The van der Waals surface area contributed by atoms with Crippen molar-refractivity contribution in [3.63, 3.8) is 0 Å². The molecule has 0 bridgehead atoms. The number of ether oxygens (including phenoxy) is 1. The van der Waals surface area contributed by atoms with Gasteiger partial charge in [-0.1, -0.05) is 51.3 Å². The van der Waals surface area contributed by atoms with Crippen molar-refractivity contribution < 1.29 is 47.1 Å². The van der Waals surface area contributed by atoms with Crippen LogP contribution in [0.1, 0.15) is 46.0 Å². The first kappa shape index (κ1) is 21.8. The van der Waals surface area contributed by atoms with Crippen LogP contribution in [0.15, 0.2) is 42.0 Å². The molecule has 0 radical (unpaired) electrons. The fourth-order valence-electron chi connectivity index (χ4n) is 2.35. The Labute approximate surface area is 158 Å². The maximum Gasteiger partial charge on any atom is 2.00 e. The number of aliphatic carboxylic acids is 1. The third-order valence-electron chi connectivity index (χ3n) is 3.55. The van der Waals surface area contributed by atoms with Crippen LogP contribution in [0.3, 0.4) is 0 Å². The second-order valence-electron chi connectivity index (χ2n) is 5.22. The molecule has 0 aliphatic rings. The second kappa shape index (κ2) is 12.3. The zero-order valence-corrected chi connectivity index (χ0v) is 19.4. The summed E-state index contributed by atoms with van der Waals surface area (Å²) in [7, 11) is 0. The fourth-order valence-corrected chi connectivity index (χ4v) is 2.35. The van der Waals surface area contributed by atoms with Crippen molar-refractivity contribution in [2.75, 3.05) is 0 Å². The van der Waals surface area contributed by atoms with Gasteiger partial charge in [-0.15, -0.1) is 0 Å². The molecule has 0 spiro atoms. The predicted octanol–water partition coefficient (Wildman–Crippen LogP) is 2.87. The van der Waals surface area contributed by atoms with Crippen LogP contribution in [0.4, 0.5) is 0 Å². The van der Waals surface area contributed by atoms with Gasteiger partial charge in [-0.25, -0.2) is 4.79 Å². The van der Waals surface area contributed by atoms with E-state index in [9.17, 15) is 14.7 Å². The number of carboxylic acid groups (broad SMARTS) is 1. The van der Waals surface area contributed by atoms with Crippen LogP contribution >= 0.6 is 0 Å². The number of carbonyl (C=O) groups excluding carboxylic acids is 2. The summed E-state index contributed by atoms with van der Waals surface area (Å²) in [4.78, 5) is 23.2. The van der Waals surface area contributed by atoms with E-state index in [1.807, 2.05) is 13.0 Å². The van der Waals surface area contributed by atoms with Gasteiger partial charge in [0.15, 0.2) is 0 Å². The maximum absolute atomic E-state index is 12.3. The Morgan fingerprint density at radius 3 is 2.35 bits per heavy atom. The van der Waals surface area contributed by atoms with E-state index in [0.29, 0.717) is 12.2 Å². The quantitative estimate of drug-likeness (QED) is 0.171. The molecule has 0 aliphatic heterocycles. The van der Waals surface area contributed by atoms with Gasteiger partial charge in [0, 0.05) is 5.57 Å². The molecule has 0 heterocycles. The van der Waals surface area contributed by atoms with E-state index in [1.165, 1.54) is 0 Å². The largest absolute Gasteiger partial charge is 2.00 e. The van der Waals surface area contributed by atoms with Crippen LogP contribution in [0.5, 0.6) is 5.75 Å². The molecule has 0 fully saturated rings. The van der Waals surface area contributed by atoms with E-state index >= 15 is 0 Å². The topological polar surface area (TPSA) is 66.4 Å². The smallest absolute Gasteiger partial charge is 0.545 e. The average molecular weight is 504 g/mol. The van der Waals surface area contributed by atoms with Crippen molar-refractivity contribution in [2.24, 2.45) is 5.92 Å². The summed E-state index contributed by atoms with van der Waals surface area (Å²) < 4.78 is 5.27. The molecule has 0 saturated heterocycles. The minimum atomic E-state index is -1.37. The standard InChI is InChI=1S/C18H24O4.Hg/c1-3-5-7-10-14(4-2)16(13-17(19)20)18(21)22-15-11-8-6-9-12-15;/h6,8-9,11-14H,3-5,7,10H2,1-2H3,(H,19,20);/q;+2/p-1/b16-13-;. The maximum atomic E-state index is 12.3. The number of carbonyl (C=O) groups is 2. The summed E-state index contributed by atoms with van der Waals surface area (Å²) in [5, 5.41) is 10.9. The van der Waals surface area contributed by atoms with Gasteiger partial charge in [0.25, 0.3) is 0 Å². The van der Waals surface area contributed by atoms with Crippen molar-refractivity contribution in [1.82, 2.24) is 0 Å². The summed E-state index contributed by atoms with van der Waals surface area (Å²) >= 11 is 0. The van der Waals surface area contributed by atoms with Gasteiger partial charge in [0.1, 0.15) is 5.75 Å². The molecule has 0 amide bonds. The third kappa shape index (κ3) is 8.30. The molecule has 23 heavy (non-hydrogen) atoms. The number of rotatable bonds is 9. The van der Waals surface area contributed by atoms with Gasteiger partial charge in [0.2, 0.25) is 0 Å². The third-order valence-corrected chi connectivity index (χ3v) is 3.55. The number of para-hydroxylation sites is 1. The Kier molecular flexibility index (Phi) is 11.7. The number of hydrogen-bond donors (Lipinski definition) is 0. The van der Waals surface area contributed by atoms with E-state index < -0.39 is 11.9 Å². The zero-order chi connectivity index (χ0) is 16.4. The summed E-state index contributed by atoms with van der Waals surface area (Å²) in [5.41, 5.74) is 0.183. The van der Waals surface area contributed by atoms with E-state index in [4.69, 9.17) is 4.74 Å². The Bertz CT molecular complexity index is 511. The summed E-state index contributed by atoms with van der Waals surface area (Å²) in [6, 6.07) is 8.64. The van der Waals surface area contributed by atoms with Crippen LogP contribution < -0.4 is 9.84 Å². The number of carboxylic acids is 1. The Balaban J connectivity index is 0.00000484. The van der Waals surface area contributed by atoms with Crippen molar-refractivity contribution in [3.8, 4) is 5.75 Å². The minimum Gasteiger partial charge on any atom is -0.545 e. The molecule has 0 aliphatic carbocycles. The number of esters is 1. The summed E-state index contributed by atoms with van der Waals surface area (Å²) in [5.74, 6) is -1.70. The second-order valence-corrected chi connectivity index (χ2v) is 5.22. The van der Waals surface area contributed by atoms with Gasteiger partial charge in [0.05, 0.1) is 5.97 Å². The molecule has 1 aromatic rings. The van der Waals surface area contributed by atoms with E-state index in [2.05, 4.69) is 6.92 Å². The minimum absolute atomic E-state index is 0. The molecule has 4 nitrogen and oxygen atoms in total. The number of unbranched alkanes of at least 4 members (excludes halogenated alkanes) is 2. The first-order valence-corrected chi connectivity index (χ1v) is 7.78. The number of hydrogen-bond acceptors (Lipinski definition) is 4. The average Bonchev–Trinajstić information content (AvgIpc) is 2.50. The molecule has 1 aromatic carbocycles. The van der Waals surface area contributed by atoms with E-state index in [1.54, 1.807) is 24.3 Å². The molecule has 1 rings (SSSR count). The van der Waals surface area contributed by atoms with Crippen LogP contribution in [-0.4, -0.2) is 11.9 Å². The van der Waals surface area contributed by atoms with Crippen LogP contribution in [0, 0.1) is 5.92 Å². The molecule has 5 heteroatoms. The number of benzene rings is 1. The molecular weight excluding hydrogens is 481 g/mol. The van der Waals surface area contributed by atoms with Crippen molar-refractivity contribution >= 4 is 11.9 Å². The Hall–Kier alpha value is -1.16. The fraction of sp³-hybridized carbons (Fsp3) is 0.444. The molecule has 1 atom stereocenters. The van der Waals surface area contributed by atoms with E-state index in [-0.39, 0.29) is 39.2 Å². The monoisotopic (exact) mass is 505 g/mol. The summed E-state index contributed by atoms with van der Waals surface area (Å²) in [6.07, 6.45) is 5.43. The summed E-state index contributed by atoms with van der Waals surface area (Å²) in [6.45, 7) is 4.04. The van der Waals surface area contributed by atoms with Crippen molar-refractivity contribution in [2.45, 2.75) is 46.0 Å². The van der Waals surface area contributed by atoms with E-state index in [0.717, 1.165) is 31.8 Å². The van der Waals surface area contributed by atoms with Gasteiger partial charge < -0.3 is 14.6 Å². The van der Waals surface area contributed by atoms with Crippen molar-refractivity contribution in [1.29, 1.82) is 0 Å².